The SMILES string of the molecule is CC(C)N1O[C@]1(c1ccccc1)c1ccc(Cl)cc1. The Morgan fingerprint density at radius 3 is 2.05 bits per heavy atom. The molecule has 1 fully saturated rings. The number of halogens is 1. The summed E-state index contributed by atoms with van der Waals surface area (Å²) < 4.78 is 0. The first kappa shape index (κ1) is 12.7. The lowest BCUT2D eigenvalue weighted by atomic mass is 9.96. The normalized spacial score (nSPS) is 25.6. The third-order valence-corrected chi connectivity index (χ3v) is 3.63. The van der Waals surface area contributed by atoms with E-state index in [0.29, 0.717) is 6.04 Å². The average Bonchev–Trinajstić information content (AvgIpc) is 3.17. The van der Waals surface area contributed by atoms with E-state index in [1.165, 1.54) is 0 Å². The van der Waals surface area contributed by atoms with Crippen molar-refractivity contribution in [2.45, 2.75) is 25.6 Å². The third kappa shape index (κ3) is 2.06. The first-order valence-corrected chi connectivity index (χ1v) is 6.82. The molecule has 2 aromatic rings. The molecule has 1 saturated heterocycles. The summed E-state index contributed by atoms with van der Waals surface area (Å²) in [5, 5.41) is 2.76. The molecule has 0 N–H and O–H groups in total. The molecule has 2 aromatic carbocycles. The van der Waals surface area contributed by atoms with Crippen LogP contribution in [0.1, 0.15) is 25.0 Å². The maximum absolute atomic E-state index is 5.97. The number of benzene rings is 2. The summed E-state index contributed by atoms with van der Waals surface area (Å²) in [4.78, 5) is 5.97. The van der Waals surface area contributed by atoms with Gasteiger partial charge in [0.25, 0.3) is 0 Å². The highest BCUT2D eigenvalue weighted by Crippen LogP contribution is 2.51. The smallest absolute Gasteiger partial charge is 0.215 e. The Kier molecular flexibility index (Phi) is 3.09. The second kappa shape index (κ2) is 4.64. The van der Waals surface area contributed by atoms with Crippen molar-refractivity contribution in [2.75, 3.05) is 0 Å². The molecule has 2 nitrogen and oxygen atoms in total. The highest BCUT2D eigenvalue weighted by atomic mass is 35.5. The lowest BCUT2D eigenvalue weighted by molar-refractivity contribution is 0.162. The molecule has 0 amide bonds. The van der Waals surface area contributed by atoms with Crippen LogP contribution in [-0.4, -0.2) is 11.1 Å². The maximum atomic E-state index is 5.97. The van der Waals surface area contributed by atoms with E-state index in [9.17, 15) is 0 Å². The second-order valence-electron chi connectivity index (χ2n) is 5.03. The molecule has 0 bridgehead atoms. The molecule has 1 heterocycles. The summed E-state index contributed by atoms with van der Waals surface area (Å²) >= 11 is 5.97. The molecule has 0 saturated carbocycles. The molecular formula is C16H16ClNO. The van der Waals surface area contributed by atoms with Crippen molar-refractivity contribution in [3.63, 3.8) is 0 Å². The van der Waals surface area contributed by atoms with Crippen molar-refractivity contribution in [1.82, 2.24) is 5.06 Å². The van der Waals surface area contributed by atoms with Crippen LogP contribution in [0.5, 0.6) is 0 Å². The molecule has 1 unspecified atom stereocenters. The van der Waals surface area contributed by atoms with Gasteiger partial charge in [-0.2, -0.15) is 0 Å². The van der Waals surface area contributed by atoms with E-state index < -0.39 is 5.72 Å². The Balaban J connectivity index is 2.07. The molecule has 0 aliphatic carbocycles. The van der Waals surface area contributed by atoms with Gasteiger partial charge in [0.05, 0.1) is 0 Å². The van der Waals surface area contributed by atoms with Crippen molar-refractivity contribution in [2.24, 2.45) is 0 Å². The summed E-state index contributed by atoms with van der Waals surface area (Å²) in [6.07, 6.45) is 0. The fourth-order valence-electron chi connectivity index (χ4n) is 2.46. The van der Waals surface area contributed by atoms with Crippen molar-refractivity contribution in [1.29, 1.82) is 0 Å². The van der Waals surface area contributed by atoms with E-state index in [-0.39, 0.29) is 0 Å². The van der Waals surface area contributed by atoms with Gasteiger partial charge in [0.1, 0.15) is 0 Å². The predicted octanol–water partition coefficient (Wildman–Crippen LogP) is 4.20. The fourth-order valence-corrected chi connectivity index (χ4v) is 2.58. The Morgan fingerprint density at radius 1 is 0.947 bits per heavy atom. The molecule has 1 aliphatic rings. The first-order valence-electron chi connectivity index (χ1n) is 6.44. The number of hydrogen-bond donors (Lipinski definition) is 0. The van der Waals surface area contributed by atoms with Crippen LogP contribution in [0.4, 0.5) is 0 Å². The Bertz CT molecular complexity index is 567. The van der Waals surface area contributed by atoms with Crippen LogP contribution in [0, 0.1) is 0 Å². The molecule has 2 atom stereocenters. The molecule has 0 radical (unpaired) electrons. The van der Waals surface area contributed by atoms with Crippen molar-refractivity contribution >= 4 is 11.6 Å². The Morgan fingerprint density at radius 2 is 1.53 bits per heavy atom. The molecule has 3 heteroatoms. The number of nitrogens with zero attached hydrogens (tertiary/aromatic N) is 1. The van der Waals surface area contributed by atoms with Crippen LogP contribution in [-0.2, 0) is 10.6 Å². The molecular weight excluding hydrogens is 258 g/mol. The van der Waals surface area contributed by atoms with E-state index in [4.69, 9.17) is 16.4 Å². The molecule has 19 heavy (non-hydrogen) atoms. The van der Waals surface area contributed by atoms with Crippen LogP contribution in [0.25, 0.3) is 0 Å². The van der Waals surface area contributed by atoms with Crippen LogP contribution in [0.15, 0.2) is 54.6 Å². The lowest BCUT2D eigenvalue weighted by Crippen LogP contribution is -2.22. The van der Waals surface area contributed by atoms with Gasteiger partial charge in [-0.25, -0.2) is 0 Å². The van der Waals surface area contributed by atoms with Crippen molar-refractivity contribution in [3.05, 3.63) is 70.7 Å². The van der Waals surface area contributed by atoms with Gasteiger partial charge in [-0.3, -0.25) is 4.84 Å². The van der Waals surface area contributed by atoms with Crippen molar-refractivity contribution < 1.29 is 4.84 Å². The molecule has 0 spiro atoms. The van der Waals surface area contributed by atoms with Gasteiger partial charge in [-0.1, -0.05) is 54.1 Å². The van der Waals surface area contributed by atoms with E-state index in [1.54, 1.807) is 0 Å². The van der Waals surface area contributed by atoms with Crippen LogP contribution in [0.2, 0.25) is 5.02 Å². The van der Waals surface area contributed by atoms with Crippen LogP contribution < -0.4 is 0 Å². The largest absolute Gasteiger partial charge is 0.261 e. The van der Waals surface area contributed by atoms with Gasteiger partial charge in [-0.15, -0.1) is 5.06 Å². The molecule has 1 aliphatic heterocycles. The van der Waals surface area contributed by atoms with Gasteiger partial charge in [0, 0.05) is 22.2 Å². The van der Waals surface area contributed by atoms with Gasteiger partial charge >= 0.3 is 0 Å². The summed E-state index contributed by atoms with van der Waals surface area (Å²) in [6, 6.07) is 18.4. The highest BCUT2D eigenvalue weighted by molar-refractivity contribution is 6.30. The number of hydrogen-bond acceptors (Lipinski definition) is 2. The Hall–Kier alpha value is -1.35. The molecule has 3 rings (SSSR count). The van der Waals surface area contributed by atoms with Gasteiger partial charge < -0.3 is 0 Å². The van der Waals surface area contributed by atoms with Crippen molar-refractivity contribution in [3.8, 4) is 0 Å². The summed E-state index contributed by atoms with van der Waals surface area (Å²) in [5.74, 6) is 0. The maximum Gasteiger partial charge on any atom is 0.215 e. The summed E-state index contributed by atoms with van der Waals surface area (Å²) in [7, 11) is 0. The second-order valence-corrected chi connectivity index (χ2v) is 5.46. The van der Waals surface area contributed by atoms with E-state index in [0.717, 1.165) is 16.1 Å². The third-order valence-electron chi connectivity index (χ3n) is 3.38. The minimum atomic E-state index is -0.458. The minimum absolute atomic E-state index is 0.316. The van der Waals surface area contributed by atoms with E-state index >= 15 is 0 Å². The number of hydroxylamine groups is 2. The predicted molar refractivity (Wildman–Crippen MR) is 76.7 cm³/mol. The highest BCUT2D eigenvalue weighted by Gasteiger charge is 2.59. The zero-order valence-electron chi connectivity index (χ0n) is 11.0. The first-order chi connectivity index (χ1) is 9.14. The standard InChI is InChI=1S/C16H16ClNO/c1-12(2)18-16(19-18,13-6-4-3-5-7-13)14-8-10-15(17)11-9-14/h3-12H,1-2H3/t16-,18?/m1/s1. The zero-order valence-corrected chi connectivity index (χ0v) is 11.8. The van der Waals surface area contributed by atoms with Gasteiger partial charge in [0.2, 0.25) is 5.72 Å². The quantitative estimate of drug-likeness (QED) is 0.779. The minimum Gasteiger partial charge on any atom is -0.261 e. The molecule has 0 aromatic heterocycles. The lowest BCUT2D eigenvalue weighted by Gasteiger charge is -2.15. The molecule has 98 valence electrons. The van der Waals surface area contributed by atoms with Gasteiger partial charge in [0.15, 0.2) is 0 Å². The van der Waals surface area contributed by atoms with Crippen LogP contribution >= 0.6 is 11.6 Å². The zero-order chi connectivity index (χ0) is 13.5. The van der Waals surface area contributed by atoms with E-state index in [1.807, 2.05) is 47.5 Å². The van der Waals surface area contributed by atoms with Crippen LogP contribution in [0.3, 0.4) is 0 Å². The summed E-state index contributed by atoms with van der Waals surface area (Å²) in [5.41, 5.74) is 1.79. The summed E-state index contributed by atoms with van der Waals surface area (Å²) in [6.45, 7) is 4.25. The average molecular weight is 274 g/mol. The Labute approximate surface area is 118 Å². The monoisotopic (exact) mass is 273 g/mol. The topological polar surface area (TPSA) is 15.5 Å². The number of rotatable bonds is 3. The van der Waals surface area contributed by atoms with Gasteiger partial charge in [-0.05, 0) is 26.0 Å². The van der Waals surface area contributed by atoms with E-state index in [2.05, 4.69) is 26.0 Å². The fraction of sp³-hybridized carbons (Fsp3) is 0.250.